The molecule has 5 nitrogen and oxygen atoms in total. The van der Waals surface area contributed by atoms with E-state index < -0.39 is 0 Å². The quantitative estimate of drug-likeness (QED) is 0.790. The molecule has 2 heterocycles. The summed E-state index contributed by atoms with van der Waals surface area (Å²) in [5.74, 6) is 0.247. The lowest BCUT2D eigenvalue weighted by molar-refractivity contribution is 0.0752. The highest BCUT2D eigenvalue weighted by Crippen LogP contribution is 2.25. The first-order chi connectivity index (χ1) is 12.2. The Morgan fingerprint density at radius 3 is 2.84 bits per heavy atom. The van der Waals surface area contributed by atoms with Gasteiger partial charge in [0.05, 0.1) is 18.8 Å². The summed E-state index contributed by atoms with van der Waals surface area (Å²) >= 11 is 6.26. The molecule has 132 valence electrons. The zero-order valence-corrected chi connectivity index (χ0v) is 14.9. The third-order valence-electron chi connectivity index (χ3n) is 4.11. The first-order valence-corrected chi connectivity index (χ1v) is 8.78. The summed E-state index contributed by atoms with van der Waals surface area (Å²) in [6.07, 6.45) is 2.31. The van der Waals surface area contributed by atoms with Gasteiger partial charge in [0.2, 0.25) is 5.88 Å². The minimum absolute atomic E-state index is 0.0308. The van der Waals surface area contributed by atoms with E-state index >= 15 is 0 Å². The van der Waals surface area contributed by atoms with Crippen LogP contribution < -0.4 is 4.74 Å². The van der Waals surface area contributed by atoms with Crippen molar-refractivity contribution in [1.29, 1.82) is 0 Å². The van der Waals surface area contributed by atoms with Crippen LogP contribution in [0.1, 0.15) is 29.3 Å². The van der Waals surface area contributed by atoms with E-state index in [0.29, 0.717) is 42.8 Å². The standard InChI is InChI=1S/C19H21ClN2O3/c1-2-22(12-14-6-4-3-5-7-14)19(23)15-10-17(20)18(21-11-15)25-16-8-9-24-13-16/h3-7,10-11,16H,2,8-9,12-13H2,1H3. The van der Waals surface area contributed by atoms with Crippen LogP contribution in [0.3, 0.4) is 0 Å². The number of benzene rings is 1. The van der Waals surface area contributed by atoms with Crippen molar-refractivity contribution in [2.75, 3.05) is 19.8 Å². The number of carbonyl (C=O) groups excluding carboxylic acids is 1. The Kier molecular flexibility index (Phi) is 5.89. The number of hydrogen-bond acceptors (Lipinski definition) is 4. The van der Waals surface area contributed by atoms with Gasteiger partial charge in [-0.2, -0.15) is 0 Å². The minimum atomic E-state index is -0.100. The summed E-state index contributed by atoms with van der Waals surface area (Å²) in [6, 6.07) is 11.5. The van der Waals surface area contributed by atoms with Gasteiger partial charge in [0.15, 0.2) is 0 Å². The number of rotatable bonds is 6. The van der Waals surface area contributed by atoms with Gasteiger partial charge < -0.3 is 14.4 Å². The SMILES string of the molecule is CCN(Cc1ccccc1)C(=O)c1cnc(OC2CCOC2)c(Cl)c1. The predicted molar refractivity (Wildman–Crippen MR) is 96.0 cm³/mol. The zero-order valence-electron chi connectivity index (χ0n) is 14.2. The maximum Gasteiger partial charge on any atom is 0.255 e. The molecule has 1 aromatic carbocycles. The average molecular weight is 361 g/mol. The van der Waals surface area contributed by atoms with Crippen LogP contribution in [-0.2, 0) is 11.3 Å². The topological polar surface area (TPSA) is 51.7 Å². The summed E-state index contributed by atoms with van der Waals surface area (Å²) in [5, 5.41) is 0.341. The van der Waals surface area contributed by atoms with Gasteiger partial charge >= 0.3 is 0 Å². The molecule has 1 unspecified atom stereocenters. The smallest absolute Gasteiger partial charge is 0.255 e. The van der Waals surface area contributed by atoms with Crippen LogP contribution in [0.25, 0.3) is 0 Å². The highest BCUT2D eigenvalue weighted by Gasteiger charge is 2.21. The predicted octanol–water partition coefficient (Wildman–Crippen LogP) is 3.57. The lowest BCUT2D eigenvalue weighted by Crippen LogP contribution is -2.30. The number of carbonyl (C=O) groups is 1. The Bertz CT molecular complexity index is 718. The van der Waals surface area contributed by atoms with E-state index in [0.717, 1.165) is 12.0 Å². The molecule has 25 heavy (non-hydrogen) atoms. The lowest BCUT2D eigenvalue weighted by Gasteiger charge is -2.21. The fraction of sp³-hybridized carbons (Fsp3) is 0.368. The molecule has 0 spiro atoms. The molecule has 0 aliphatic carbocycles. The van der Waals surface area contributed by atoms with Gasteiger partial charge in [-0.15, -0.1) is 0 Å². The molecular weight excluding hydrogens is 340 g/mol. The van der Waals surface area contributed by atoms with Crippen LogP contribution >= 0.6 is 11.6 Å². The van der Waals surface area contributed by atoms with E-state index in [1.54, 1.807) is 11.0 Å². The maximum atomic E-state index is 12.8. The van der Waals surface area contributed by atoms with Crippen molar-refractivity contribution in [1.82, 2.24) is 9.88 Å². The number of halogens is 1. The molecular formula is C19H21ClN2O3. The van der Waals surface area contributed by atoms with Gasteiger partial charge in [-0.05, 0) is 18.6 Å². The van der Waals surface area contributed by atoms with Gasteiger partial charge in [-0.1, -0.05) is 41.9 Å². The van der Waals surface area contributed by atoms with Gasteiger partial charge in [0, 0.05) is 25.7 Å². The first kappa shape index (κ1) is 17.7. The van der Waals surface area contributed by atoms with E-state index in [4.69, 9.17) is 21.1 Å². The molecule has 1 aliphatic heterocycles. The summed E-state index contributed by atoms with van der Waals surface area (Å²) in [5.41, 5.74) is 1.54. The van der Waals surface area contributed by atoms with Crippen molar-refractivity contribution in [3.63, 3.8) is 0 Å². The molecule has 1 fully saturated rings. The molecule has 3 rings (SSSR count). The minimum Gasteiger partial charge on any atom is -0.471 e. The number of ether oxygens (including phenoxy) is 2. The Morgan fingerprint density at radius 2 is 2.20 bits per heavy atom. The summed E-state index contributed by atoms with van der Waals surface area (Å²) in [4.78, 5) is 18.7. The van der Waals surface area contributed by atoms with Gasteiger partial charge in [-0.25, -0.2) is 4.98 Å². The second-order valence-electron chi connectivity index (χ2n) is 5.92. The van der Waals surface area contributed by atoms with Gasteiger partial charge in [0.1, 0.15) is 11.1 Å². The summed E-state index contributed by atoms with van der Waals surface area (Å²) in [6.45, 7) is 4.32. The number of aromatic nitrogens is 1. The fourth-order valence-corrected chi connectivity index (χ4v) is 2.92. The largest absolute Gasteiger partial charge is 0.471 e. The molecule has 1 saturated heterocycles. The number of hydrogen-bond donors (Lipinski definition) is 0. The lowest BCUT2D eigenvalue weighted by atomic mass is 10.2. The van der Waals surface area contributed by atoms with E-state index in [-0.39, 0.29) is 12.0 Å². The highest BCUT2D eigenvalue weighted by atomic mass is 35.5. The van der Waals surface area contributed by atoms with Crippen molar-refractivity contribution in [2.24, 2.45) is 0 Å². The van der Waals surface area contributed by atoms with Crippen LogP contribution in [-0.4, -0.2) is 41.7 Å². The van der Waals surface area contributed by atoms with E-state index in [1.165, 1.54) is 6.20 Å². The van der Waals surface area contributed by atoms with Crippen LogP contribution in [0.15, 0.2) is 42.6 Å². The zero-order chi connectivity index (χ0) is 17.6. The van der Waals surface area contributed by atoms with E-state index in [2.05, 4.69) is 4.98 Å². The van der Waals surface area contributed by atoms with Gasteiger partial charge in [-0.3, -0.25) is 4.79 Å². The normalized spacial score (nSPS) is 16.6. The van der Waals surface area contributed by atoms with Crippen LogP contribution in [0.5, 0.6) is 5.88 Å². The molecule has 2 aromatic rings. The Balaban J connectivity index is 1.70. The molecule has 0 radical (unpaired) electrons. The molecule has 1 atom stereocenters. The Labute approximate surface area is 152 Å². The number of nitrogens with zero attached hydrogens (tertiary/aromatic N) is 2. The van der Waals surface area contributed by atoms with Crippen molar-refractivity contribution in [2.45, 2.75) is 26.0 Å². The maximum absolute atomic E-state index is 12.8. The molecule has 0 saturated carbocycles. The second kappa shape index (κ2) is 8.32. The second-order valence-corrected chi connectivity index (χ2v) is 6.33. The van der Waals surface area contributed by atoms with Crippen LogP contribution in [0.2, 0.25) is 5.02 Å². The fourth-order valence-electron chi connectivity index (χ4n) is 2.71. The molecule has 0 N–H and O–H groups in total. The average Bonchev–Trinajstić information content (AvgIpc) is 3.15. The molecule has 6 heteroatoms. The Hall–Kier alpha value is -2.11. The number of amides is 1. The Morgan fingerprint density at radius 1 is 1.40 bits per heavy atom. The van der Waals surface area contributed by atoms with Crippen molar-refractivity contribution in [3.8, 4) is 5.88 Å². The third kappa shape index (κ3) is 4.50. The third-order valence-corrected chi connectivity index (χ3v) is 4.38. The molecule has 0 bridgehead atoms. The summed E-state index contributed by atoms with van der Waals surface area (Å²) in [7, 11) is 0. The summed E-state index contributed by atoms with van der Waals surface area (Å²) < 4.78 is 11.0. The van der Waals surface area contributed by atoms with Crippen molar-refractivity contribution in [3.05, 3.63) is 58.7 Å². The van der Waals surface area contributed by atoms with Crippen molar-refractivity contribution < 1.29 is 14.3 Å². The van der Waals surface area contributed by atoms with E-state index in [1.807, 2.05) is 37.3 Å². The molecule has 1 amide bonds. The van der Waals surface area contributed by atoms with Crippen LogP contribution in [0, 0.1) is 0 Å². The monoisotopic (exact) mass is 360 g/mol. The van der Waals surface area contributed by atoms with Gasteiger partial charge in [0.25, 0.3) is 5.91 Å². The van der Waals surface area contributed by atoms with E-state index in [9.17, 15) is 4.79 Å². The highest BCUT2D eigenvalue weighted by molar-refractivity contribution is 6.32. The van der Waals surface area contributed by atoms with Crippen molar-refractivity contribution >= 4 is 17.5 Å². The van der Waals surface area contributed by atoms with Crippen LogP contribution in [0.4, 0.5) is 0 Å². The first-order valence-electron chi connectivity index (χ1n) is 8.40. The molecule has 1 aromatic heterocycles. The number of pyridine rings is 1. The molecule has 1 aliphatic rings.